The van der Waals surface area contributed by atoms with Gasteiger partial charge in [-0.15, -0.1) is 11.3 Å². The molecule has 0 atom stereocenters. The molecule has 0 radical (unpaired) electrons. The highest BCUT2D eigenvalue weighted by Gasteiger charge is 2.16. The topological polar surface area (TPSA) is 0 Å². The Hall–Kier alpha value is -0.380. The Kier molecular flexibility index (Phi) is 2.64. The van der Waals surface area contributed by atoms with Crippen LogP contribution in [0.4, 0.5) is 8.78 Å². The van der Waals surface area contributed by atoms with Gasteiger partial charge in [-0.25, -0.2) is 8.78 Å². The number of hydrogen-bond acceptors (Lipinski definition) is 1. The Morgan fingerprint density at radius 2 is 1.93 bits per heavy atom. The van der Waals surface area contributed by atoms with Crippen molar-refractivity contribution < 1.29 is 8.78 Å². The maximum Gasteiger partial charge on any atom is 0.265 e. The van der Waals surface area contributed by atoms with Crippen molar-refractivity contribution >= 4 is 44.6 Å². The van der Waals surface area contributed by atoms with Gasteiger partial charge in [0.15, 0.2) is 0 Å². The van der Waals surface area contributed by atoms with E-state index in [1.54, 1.807) is 11.4 Å². The summed E-state index contributed by atoms with van der Waals surface area (Å²) in [6, 6.07) is 2.88. The Bertz CT molecular complexity index is 479. The van der Waals surface area contributed by atoms with Crippen molar-refractivity contribution in [3.05, 3.63) is 33.1 Å². The number of alkyl halides is 2. The molecule has 0 N–H and O–H groups in total. The van der Waals surface area contributed by atoms with Crippen molar-refractivity contribution in [1.82, 2.24) is 0 Å². The molecular formula is C9H4Cl2F2S. The smallest absolute Gasteiger partial charge is 0.205 e. The molecule has 0 aliphatic heterocycles. The van der Waals surface area contributed by atoms with Crippen molar-refractivity contribution in [3.63, 3.8) is 0 Å². The molecular weight excluding hydrogens is 249 g/mol. The van der Waals surface area contributed by atoms with E-state index in [2.05, 4.69) is 0 Å². The first-order valence-electron chi connectivity index (χ1n) is 3.74. The third kappa shape index (κ3) is 1.49. The highest BCUT2D eigenvalue weighted by Crippen LogP contribution is 2.39. The lowest BCUT2D eigenvalue weighted by Gasteiger charge is -2.03. The van der Waals surface area contributed by atoms with E-state index in [-0.39, 0.29) is 10.6 Å². The Morgan fingerprint density at radius 3 is 2.57 bits per heavy atom. The molecule has 1 aromatic carbocycles. The molecule has 0 aliphatic rings. The molecule has 14 heavy (non-hydrogen) atoms. The number of halogens is 4. The van der Waals surface area contributed by atoms with Gasteiger partial charge in [-0.05, 0) is 0 Å². The molecule has 0 saturated carbocycles. The molecule has 0 fully saturated rings. The Balaban J connectivity index is 2.76. The van der Waals surface area contributed by atoms with E-state index in [1.807, 2.05) is 0 Å². The van der Waals surface area contributed by atoms with E-state index in [0.29, 0.717) is 9.72 Å². The van der Waals surface area contributed by atoms with Crippen LogP contribution in [-0.2, 0) is 0 Å². The molecule has 1 heterocycles. The van der Waals surface area contributed by atoms with E-state index in [9.17, 15) is 8.78 Å². The lowest BCUT2D eigenvalue weighted by molar-refractivity contribution is 0.151. The Labute approximate surface area is 93.1 Å². The van der Waals surface area contributed by atoms with Gasteiger partial charge in [-0.1, -0.05) is 35.3 Å². The molecule has 0 nitrogen and oxygen atoms in total. The summed E-state index contributed by atoms with van der Waals surface area (Å²) in [5.74, 6) is 0. The summed E-state index contributed by atoms with van der Waals surface area (Å²) in [5.41, 5.74) is -0.141. The maximum atomic E-state index is 12.4. The van der Waals surface area contributed by atoms with Crippen molar-refractivity contribution in [2.45, 2.75) is 6.43 Å². The van der Waals surface area contributed by atoms with Gasteiger partial charge in [-0.2, -0.15) is 0 Å². The molecule has 0 unspecified atom stereocenters. The lowest BCUT2D eigenvalue weighted by Crippen LogP contribution is -1.84. The minimum Gasteiger partial charge on any atom is -0.205 e. The first-order chi connectivity index (χ1) is 6.61. The van der Waals surface area contributed by atoms with E-state index < -0.39 is 6.43 Å². The van der Waals surface area contributed by atoms with Crippen molar-refractivity contribution in [3.8, 4) is 0 Å². The van der Waals surface area contributed by atoms with Gasteiger partial charge >= 0.3 is 0 Å². The summed E-state index contributed by atoms with van der Waals surface area (Å²) in [4.78, 5) is 0. The molecule has 0 bridgehead atoms. The first kappa shape index (κ1) is 10.1. The normalized spacial score (nSPS) is 11.5. The molecule has 74 valence electrons. The number of thiophene rings is 1. The predicted molar refractivity (Wildman–Crippen MR) is 56.8 cm³/mol. The van der Waals surface area contributed by atoms with Gasteiger partial charge in [-0.3, -0.25) is 0 Å². The van der Waals surface area contributed by atoms with Gasteiger partial charge in [0.1, 0.15) is 0 Å². The second-order valence-electron chi connectivity index (χ2n) is 2.73. The fraction of sp³-hybridized carbons (Fsp3) is 0.111. The third-order valence-electron chi connectivity index (χ3n) is 1.90. The SMILES string of the molecule is FC(F)c1ccc2c(Cl)csc2c1Cl. The molecule has 0 saturated heterocycles. The van der Waals surface area contributed by atoms with Crippen LogP contribution in [0.2, 0.25) is 10.0 Å². The zero-order chi connectivity index (χ0) is 10.3. The minimum absolute atomic E-state index is 0.106. The standard InChI is InChI=1S/C9H4Cl2F2S/c10-6-3-14-8-4(6)1-2-5(7(8)11)9(12)13/h1-3,9H. The summed E-state index contributed by atoms with van der Waals surface area (Å²) in [7, 11) is 0. The zero-order valence-electron chi connectivity index (χ0n) is 6.73. The van der Waals surface area contributed by atoms with Crippen LogP contribution in [0.5, 0.6) is 0 Å². The van der Waals surface area contributed by atoms with Gasteiger partial charge in [0.05, 0.1) is 14.7 Å². The number of fused-ring (bicyclic) bond motifs is 1. The number of benzene rings is 1. The van der Waals surface area contributed by atoms with Crippen LogP contribution in [0.25, 0.3) is 10.1 Å². The third-order valence-corrected chi connectivity index (χ3v) is 3.87. The van der Waals surface area contributed by atoms with E-state index in [1.165, 1.54) is 17.4 Å². The molecule has 0 aliphatic carbocycles. The van der Waals surface area contributed by atoms with Crippen molar-refractivity contribution in [1.29, 1.82) is 0 Å². The molecule has 2 rings (SSSR count). The number of hydrogen-bond donors (Lipinski definition) is 0. The molecule has 5 heteroatoms. The maximum absolute atomic E-state index is 12.4. The van der Waals surface area contributed by atoms with Crippen molar-refractivity contribution in [2.24, 2.45) is 0 Å². The van der Waals surface area contributed by atoms with Crippen LogP contribution < -0.4 is 0 Å². The van der Waals surface area contributed by atoms with Gasteiger partial charge in [0, 0.05) is 16.3 Å². The van der Waals surface area contributed by atoms with Crippen LogP contribution >= 0.6 is 34.5 Å². The summed E-state index contributed by atoms with van der Waals surface area (Å²) >= 11 is 12.9. The lowest BCUT2D eigenvalue weighted by atomic mass is 10.2. The number of rotatable bonds is 1. The summed E-state index contributed by atoms with van der Waals surface area (Å²) in [6.07, 6.45) is -2.55. The van der Waals surface area contributed by atoms with Gasteiger partial charge in [0.2, 0.25) is 0 Å². The van der Waals surface area contributed by atoms with Crippen LogP contribution in [0.3, 0.4) is 0 Å². The van der Waals surface area contributed by atoms with Crippen LogP contribution in [0, 0.1) is 0 Å². The molecule has 0 amide bonds. The summed E-state index contributed by atoms with van der Waals surface area (Å²) in [5, 5.41) is 3.07. The average molecular weight is 253 g/mol. The van der Waals surface area contributed by atoms with E-state index in [0.717, 1.165) is 5.39 Å². The molecule has 2 aromatic rings. The highest BCUT2D eigenvalue weighted by atomic mass is 35.5. The van der Waals surface area contributed by atoms with E-state index in [4.69, 9.17) is 23.2 Å². The van der Waals surface area contributed by atoms with Gasteiger partial charge < -0.3 is 0 Å². The minimum atomic E-state index is -2.55. The molecule has 1 aromatic heterocycles. The molecule has 0 spiro atoms. The fourth-order valence-electron chi connectivity index (χ4n) is 1.22. The average Bonchev–Trinajstić information content (AvgIpc) is 2.49. The largest absolute Gasteiger partial charge is 0.265 e. The van der Waals surface area contributed by atoms with Crippen molar-refractivity contribution in [2.75, 3.05) is 0 Å². The monoisotopic (exact) mass is 252 g/mol. The van der Waals surface area contributed by atoms with Crippen LogP contribution in [0.15, 0.2) is 17.5 Å². The zero-order valence-corrected chi connectivity index (χ0v) is 9.06. The highest BCUT2D eigenvalue weighted by molar-refractivity contribution is 7.18. The van der Waals surface area contributed by atoms with Gasteiger partial charge in [0.25, 0.3) is 6.43 Å². The quantitative estimate of drug-likeness (QED) is 0.659. The first-order valence-corrected chi connectivity index (χ1v) is 5.38. The van der Waals surface area contributed by atoms with Crippen LogP contribution in [0.1, 0.15) is 12.0 Å². The summed E-state index contributed by atoms with van der Waals surface area (Å²) < 4.78 is 25.5. The summed E-state index contributed by atoms with van der Waals surface area (Å²) in [6.45, 7) is 0. The van der Waals surface area contributed by atoms with E-state index >= 15 is 0 Å². The second kappa shape index (κ2) is 3.65. The predicted octanol–water partition coefficient (Wildman–Crippen LogP) is 5.15. The van der Waals surface area contributed by atoms with Crippen LogP contribution in [-0.4, -0.2) is 0 Å². The second-order valence-corrected chi connectivity index (χ2v) is 4.39. The fourth-order valence-corrected chi connectivity index (χ4v) is 2.82. The Morgan fingerprint density at radius 1 is 1.21 bits per heavy atom.